The molecule has 0 aliphatic heterocycles. The van der Waals surface area contributed by atoms with Gasteiger partial charge in [0.15, 0.2) is 0 Å². The fourth-order valence-electron chi connectivity index (χ4n) is 2.77. The molecular formula is C15H21N3O3. The number of nitro benzene ring substituents is 1. The van der Waals surface area contributed by atoms with Gasteiger partial charge in [-0.2, -0.15) is 0 Å². The standard InChI is InChI=1S/C15H21N3O3/c1-16-15(19)12-7-8-14(18(20)21)13(9-12)17-10-11-5-3-2-4-6-11/h7-9,11,17H,2-6,10H2,1H3,(H,16,19). The molecule has 1 saturated carbocycles. The van der Waals surface area contributed by atoms with Crippen LogP contribution in [-0.4, -0.2) is 24.4 Å². The Kier molecular flexibility index (Phi) is 5.14. The molecule has 6 heteroatoms. The Hall–Kier alpha value is -2.11. The number of hydrogen-bond donors (Lipinski definition) is 2. The summed E-state index contributed by atoms with van der Waals surface area (Å²) in [6.45, 7) is 0.720. The molecule has 1 aliphatic carbocycles. The van der Waals surface area contributed by atoms with E-state index in [0.717, 1.165) is 19.4 Å². The minimum Gasteiger partial charge on any atom is -0.379 e. The van der Waals surface area contributed by atoms with Crippen molar-refractivity contribution in [1.82, 2.24) is 5.32 Å². The molecule has 1 amide bonds. The van der Waals surface area contributed by atoms with Crippen molar-refractivity contribution in [2.75, 3.05) is 18.9 Å². The largest absolute Gasteiger partial charge is 0.379 e. The molecule has 2 N–H and O–H groups in total. The molecule has 0 radical (unpaired) electrons. The SMILES string of the molecule is CNC(=O)c1ccc([N+](=O)[O-])c(NCC2CCCCC2)c1. The van der Waals surface area contributed by atoms with Crippen molar-refractivity contribution in [2.24, 2.45) is 5.92 Å². The van der Waals surface area contributed by atoms with E-state index in [1.54, 1.807) is 13.1 Å². The molecule has 0 unspecified atom stereocenters. The van der Waals surface area contributed by atoms with Crippen LogP contribution in [0, 0.1) is 16.0 Å². The molecule has 1 fully saturated rings. The number of carbonyl (C=O) groups is 1. The van der Waals surface area contributed by atoms with E-state index < -0.39 is 4.92 Å². The zero-order chi connectivity index (χ0) is 15.2. The summed E-state index contributed by atoms with van der Waals surface area (Å²) < 4.78 is 0. The van der Waals surface area contributed by atoms with Crippen LogP contribution < -0.4 is 10.6 Å². The zero-order valence-electron chi connectivity index (χ0n) is 12.2. The highest BCUT2D eigenvalue weighted by Crippen LogP contribution is 2.28. The Morgan fingerprint density at radius 2 is 2.05 bits per heavy atom. The van der Waals surface area contributed by atoms with E-state index in [1.165, 1.54) is 31.4 Å². The molecule has 1 aromatic carbocycles. The summed E-state index contributed by atoms with van der Waals surface area (Å²) in [6, 6.07) is 4.41. The van der Waals surface area contributed by atoms with Crippen LogP contribution in [0.4, 0.5) is 11.4 Å². The third kappa shape index (κ3) is 3.93. The Morgan fingerprint density at radius 1 is 1.33 bits per heavy atom. The molecule has 1 aromatic rings. The molecule has 0 atom stereocenters. The number of rotatable bonds is 5. The van der Waals surface area contributed by atoms with Gasteiger partial charge in [-0.25, -0.2) is 0 Å². The lowest BCUT2D eigenvalue weighted by Gasteiger charge is -2.22. The van der Waals surface area contributed by atoms with Gasteiger partial charge < -0.3 is 10.6 Å². The van der Waals surface area contributed by atoms with Gasteiger partial charge in [-0.15, -0.1) is 0 Å². The van der Waals surface area contributed by atoms with Gasteiger partial charge in [-0.05, 0) is 30.9 Å². The van der Waals surface area contributed by atoms with Gasteiger partial charge in [0.1, 0.15) is 5.69 Å². The minimum absolute atomic E-state index is 0.0125. The molecule has 21 heavy (non-hydrogen) atoms. The van der Waals surface area contributed by atoms with Crippen LogP contribution in [-0.2, 0) is 0 Å². The minimum atomic E-state index is -0.420. The number of nitro groups is 1. The van der Waals surface area contributed by atoms with E-state index in [-0.39, 0.29) is 11.6 Å². The first-order chi connectivity index (χ1) is 10.1. The van der Waals surface area contributed by atoms with Crippen molar-refractivity contribution in [2.45, 2.75) is 32.1 Å². The number of hydrogen-bond acceptors (Lipinski definition) is 4. The lowest BCUT2D eigenvalue weighted by atomic mass is 9.89. The third-order valence-corrected chi connectivity index (χ3v) is 3.99. The van der Waals surface area contributed by atoms with E-state index in [0.29, 0.717) is 17.2 Å². The van der Waals surface area contributed by atoms with Crippen molar-refractivity contribution in [3.05, 3.63) is 33.9 Å². The van der Waals surface area contributed by atoms with E-state index in [2.05, 4.69) is 10.6 Å². The Labute approximate surface area is 124 Å². The highest BCUT2D eigenvalue weighted by atomic mass is 16.6. The maximum atomic E-state index is 11.6. The van der Waals surface area contributed by atoms with Crippen LogP contribution in [0.2, 0.25) is 0 Å². The van der Waals surface area contributed by atoms with Gasteiger partial charge in [-0.1, -0.05) is 19.3 Å². The van der Waals surface area contributed by atoms with E-state index in [9.17, 15) is 14.9 Å². The molecule has 1 aliphatic rings. The predicted molar refractivity (Wildman–Crippen MR) is 81.6 cm³/mol. The smallest absolute Gasteiger partial charge is 0.292 e. The summed E-state index contributed by atoms with van der Waals surface area (Å²) in [4.78, 5) is 22.3. The summed E-state index contributed by atoms with van der Waals surface area (Å²) >= 11 is 0. The summed E-state index contributed by atoms with van der Waals surface area (Å²) in [5.74, 6) is 0.313. The fraction of sp³-hybridized carbons (Fsp3) is 0.533. The van der Waals surface area contributed by atoms with E-state index >= 15 is 0 Å². The van der Waals surface area contributed by atoms with Crippen molar-refractivity contribution in [3.63, 3.8) is 0 Å². The van der Waals surface area contributed by atoms with Gasteiger partial charge in [0.25, 0.3) is 11.6 Å². The van der Waals surface area contributed by atoms with Crippen LogP contribution in [0.3, 0.4) is 0 Å². The Balaban J connectivity index is 2.13. The van der Waals surface area contributed by atoms with Crippen molar-refractivity contribution < 1.29 is 9.72 Å². The maximum Gasteiger partial charge on any atom is 0.292 e. The maximum absolute atomic E-state index is 11.6. The third-order valence-electron chi connectivity index (χ3n) is 3.99. The highest BCUT2D eigenvalue weighted by Gasteiger charge is 2.18. The van der Waals surface area contributed by atoms with Gasteiger partial charge in [0, 0.05) is 25.2 Å². The fourth-order valence-corrected chi connectivity index (χ4v) is 2.77. The number of benzene rings is 1. The van der Waals surface area contributed by atoms with Crippen LogP contribution in [0.15, 0.2) is 18.2 Å². The quantitative estimate of drug-likeness (QED) is 0.645. The molecule has 114 valence electrons. The second-order valence-electron chi connectivity index (χ2n) is 5.45. The Bertz CT molecular complexity index is 525. The molecule has 0 bridgehead atoms. The van der Waals surface area contributed by atoms with Crippen LogP contribution in [0.1, 0.15) is 42.5 Å². The number of carbonyl (C=O) groups excluding carboxylic acids is 1. The first kappa shape index (κ1) is 15.3. The zero-order valence-corrected chi connectivity index (χ0v) is 12.2. The normalized spacial score (nSPS) is 15.5. The van der Waals surface area contributed by atoms with Crippen molar-refractivity contribution in [1.29, 1.82) is 0 Å². The Morgan fingerprint density at radius 3 is 2.67 bits per heavy atom. The number of anilines is 1. The average molecular weight is 291 g/mol. The van der Waals surface area contributed by atoms with Crippen molar-refractivity contribution in [3.8, 4) is 0 Å². The highest BCUT2D eigenvalue weighted by molar-refractivity contribution is 5.95. The second-order valence-corrected chi connectivity index (χ2v) is 5.45. The van der Waals surface area contributed by atoms with Gasteiger partial charge >= 0.3 is 0 Å². The van der Waals surface area contributed by atoms with Crippen LogP contribution >= 0.6 is 0 Å². The lowest BCUT2D eigenvalue weighted by molar-refractivity contribution is -0.384. The predicted octanol–water partition coefficient (Wildman–Crippen LogP) is 2.95. The molecular weight excluding hydrogens is 270 g/mol. The average Bonchev–Trinajstić information content (AvgIpc) is 2.52. The molecule has 0 saturated heterocycles. The van der Waals surface area contributed by atoms with E-state index in [1.807, 2.05) is 0 Å². The molecule has 6 nitrogen and oxygen atoms in total. The number of nitrogens with zero attached hydrogens (tertiary/aromatic N) is 1. The van der Waals surface area contributed by atoms with Gasteiger partial charge in [0.2, 0.25) is 0 Å². The van der Waals surface area contributed by atoms with Gasteiger partial charge in [-0.3, -0.25) is 14.9 Å². The molecule has 2 rings (SSSR count). The second kappa shape index (κ2) is 7.06. The molecule has 0 spiro atoms. The van der Waals surface area contributed by atoms with Crippen molar-refractivity contribution >= 4 is 17.3 Å². The van der Waals surface area contributed by atoms with E-state index in [4.69, 9.17) is 0 Å². The topological polar surface area (TPSA) is 84.3 Å². The first-order valence-corrected chi connectivity index (χ1v) is 7.36. The molecule has 0 aromatic heterocycles. The monoisotopic (exact) mass is 291 g/mol. The van der Waals surface area contributed by atoms with Crippen LogP contribution in [0.5, 0.6) is 0 Å². The summed E-state index contributed by atoms with van der Waals surface area (Å²) in [6.07, 6.45) is 6.06. The number of nitrogens with one attached hydrogen (secondary N) is 2. The molecule has 0 heterocycles. The first-order valence-electron chi connectivity index (χ1n) is 7.36. The lowest BCUT2D eigenvalue weighted by Crippen LogP contribution is -2.20. The summed E-state index contributed by atoms with van der Waals surface area (Å²) in [5, 5.41) is 16.8. The van der Waals surface area contributed by atoms with Gasteiger partial charge in [0.05, 0.1) is 4.92 Å². The van der Waals surface area contributed by atoms with Crippen LogP contribution in [0.25, 0.3) is 0 Å². The number of amides is 1. The summed E-state index contributed by atoms with van der Waals surface area (Å²) in [5.41, 5.74) is 0.861. The summed E-state index contributed by atoms with van der Waals surface area (Å²) in [7, 11) is 1.54.